The lowest BCUT2D eigenvalue weighted by Gasteiger charge is -2.02. The molecule has 0 radical (unpaired) electrons. The van der Waals surface area contributed by atoms with Crippen LogP contribution in [0.4, 0.5) is 0 Å². The van der Waals surface area contributed by atoms with Gasteiger partial charge in [0.1, 0.15) is 6.10 Å². The number of nitrogens with two attached hydrogens (primary N) is 1. The molecule has 1 heterocycles. The summed E-state index contributed by atoms with van der Waals surface area (Å²) in [5.74, 6) is 0. The standard InChI is InChI=1S/C10H11BrN2O/c11-7-1-2-8-6(3-7)4-9(13-8)10(14)5-12/h1-4,10,13-14H,5,12H2. The van der Waals surface area contributed by atoms with Gasteiger partial charge in [0.15, 0.2) is 0 Å². The number of fused-ring (bicyclic) bond motifs is 1. The Balaban J connectivity index is 2.51. The van der Waals surface area contributed by atoms with E-state index in [1.54, 1.807) is 0 Å². The Morgan fingerprint density at radius 3 is 2.93 bits per heavy atom. The molecule has 74 valence electrons. The van der Waals surface area contributed by atoms with E-state index < -0.39 is 6.10 Å². The summed E-state index contributed by atoms with van der Waals surface area (Å²) in [6, 6.07) is 7.83. The first-order valence-electron chi connectivity index (χ1n) is 4.37. The Morgan fingerprint density at radius 1 is 1.43 bits per heavy atom. The Kier molecular flexibility index (Phi) is 2.58. The van der Waals surface area contributed by atoms with Gasteiger partial charge in [-0.15, -0.1) is 0 Å². The first-order valence-corrected chi connectivity index (χ1v) is 5.16. The van der Waals surface area contributed by atoms with E-state index in [9.17, 15) is 5.11 Å². The lowest BCUT2D eigenvalue weighted by Crippen LogP contribution is -2.11. The smallest absolute Gasteiger partial charge is 0.106 e. The summed E-state index contributed by atoms with van der Waals surface area (Å²) in [6.45, 7) is 0.230. The molecule has 4 heteroatoms. The Morgan fingerprint density at radius 2 is 2.21 bits per heavy atom. The van der Waals surface area contributed by atoms with Crippen LogP contribution in [0.1, 0.15) is 11.8 Å². The van der Waals surface area contributed by atoms with E-state index in [1.807, 2.05) is 24.3 Å². The molecule has 2 aromatic rings. The molecule has 14 heavy (non-hydrogen) atoms. The lowest BCUT2D eigenvalue weighted by atomic mass is 10.2. The number of aliphatic hydroxyl groups is 1. The first-order chi connectivity index (χ1) is 6.70. The third kappa shape index (κ3) is 1.68. The van der Waals surface area contributed by atoms with Crippen LogP contribution in [0.3, 0.4) is 0 Å². The fraction of sp³-hybridized carbons (Fsp3) is 0.200. The van der Waals surface area contributed by atoms with Crippen LogP contribution in [0, 0.1) is 0 Å². The maximum Gasteiger partial charge on any atom is 0.106 e. The predicted octanol–water partition coefficient (Wildman–Crippen LogP) is 1.92. The second-order valence-corrected chi connectivity index (χ2v) is 4.12. The summed E-state index contributed by atoms with van der Waals surface area (Å²) in [7, 11) is 0. The molecular weight excluding hydrogens is 244 g/mol. The number of aliphatic hydroxyl groups excluding tert-OH is 1. The molecule has 4 N–H and O–H groups in total. The van der Waals surface area contributed by atoms with Gasteiger partial charge >= 0.3 is 0 Å². The molecule has 0 saturated heterocycles. The number of aromatic amines is 1. The molecule has 0 spiro atoms. The number of aromatic nitrogens is 1. The minimum absolute atomic E-state index is 0.230. The number of benzene rings is 1. The second kappa shape index (κ2) is 3.73. The zero-order valence-corrected chi connectivity index (χ0v) is 9.08. The molecule has 0 saturated carbocycles. The van der Waals surface area contributed by atoms with Crippen molar-refractivity contribution in [3.05, 3.63) is 34.4 Å². The van der Waals surface area contributed by atoms with E-state index in [4.69, 9.17) is 5.73 Å². The maximum atomic E-state index is 9.53. The summed E-state index contributed by atoms with van der Waals surface area (Å²) >= 11 is 3.39. The molecule has 0 bridgehead atoms. The van der Waals surface area contributed by atoms with Gasteiger partial charge in [0.25, 0.3) is 0 Å². The predicted molar refractivity (Wildman–Crippen MR) is 60.0 cm³/mol. The van der Waals surface area contributed by atoms with Gasteiger partial charge in [0.05, 0.1) is 0 Å². The molecule has 0 aliphatic rings. The minimum Gasteiger partial charge on any atom is -0.386 e. The largest absolute Gasteiger partial charge is 0.386 e. The SMILES string of the molecule is NCC(O)c1cc2cc(Br)ccc2[nH]1. The molecule has 1 aromatic carbocycles. The van der Waals surface area contributed by atoms with Crippen LogP contribution in [0.15, 0.2) is 28.7 Å². The normalized spacial score (nSPS) is 13.4. The molecule has 2 rings (SSSR count). The number of rotatable bonds is 2. The summed E-state index contributed by atoms with van der Waals surface area (Å²) in [5.41, 5.74) is 7.15. The molecule has 1 unspecified atom stereocenters. The highest BCUT2D eigenvalue weighted by molar-refractivity contribution is 9.10. The van der Waals surface area contributed by atoms with Crippen LogP contribution in [0.2, 0.25) is 0 Å². The third-order valence-electron chi connectivity index (χ3n) is 2.19. The number of halogens is 1. The molecule has 0 aliphatic carbocycles. The van der Waals surface area contributed by atoms with Crippen LogP contribution in [0.25, 0.3) is 10.9 Å². The second-order valence-electron chi connectivity index (χ2n) is 3.21. The summed E-state index contributed by atoms with van der Waals surface area (Å²) in [4.78, 5) is 3.12. The Bertz CT molecular complexity index is 452. The fourth-order valence-electron chi connectivity index (χ4n) is 1.43. The fourth-order valence-corrected chi connectivity index (χ4v) is 1.81. The summed E-state index contributed by atoms with van der Waals surface area (Å²) in [6.07, 6.45) is -0.610. The molecule has 3 nitrogen and oxygen atoms in total. The van der Waals surface area contributed by atoms with Crippen molar-refractivity contribution in [2.75, 3.05) is 6.54 Å². The van der Waals surface area contributed by atoms with Crippen molar-refractivity contribution in [2.45, 2.75) is 6.10 Å². The number of nitrogens with one attached hydrogen (secondary N) is 1. The highest BCUT2D eigenvalue weighted by Gasteiger charge is 2.08. The van der Waals surface area contributed by atoms with Crippen LogP contribution in [-0.2, 0) is 0 Å². The molecule has 1 aromatic heterocycles. The van der Waals surface area contributed by atoms with Crippen molar-refractivity contribution >= 4 is 26.8 Å². The molecule has 1 atom stereocenters. The van der Waals surface area contributed by atoms with E-state index in [0.717, 1.165) is 21.1 Å². The monoisotopic (exact) mass is 254 g/mol. The maximum absolute atomic E-state index is 9.53. The first kappa shape index (κ1) is 9.71. The average Bonchev–Trinajstić information content (AvgIpc) is 2.59. The molecule has 0 fully saturated rings. The van der Waals surface area contributed by atoms with E-state index >= 15 is 0 Å². The molecule has 0 aliphatic heterocycles. The Hall–Kier alpha value is -0.840. The van der Waals surface area contributed by atoms with Crippen molar-refractivity contribution in [1.29, 1.82) is 0 Å². The van der Waals surface area contributed by atoms with Gasteiger partial charge in [0, 0.05) is 27.6 Å². The van der Waals surface area contributed by atoms with E-state index in [0.29, 0.717) is 0 Å². The van der Waals surface area contributed by atoms with Crippen molar-refractivity contribution in [3.63, 3.8) is 0 Å². The van der Waals surface area contributed by atoms with Gasteiger partial charge < -0.3 is 15.8 Å². The molecule has 0 amide bonds. The van der Waals surface area contributed by atoms with Crippen LogP contribution < -0.4 is 5.73 Å². The van der Waals surface area contributed by atoms with Crippen molar-refractivity contribution < 1.29 is 5.11 Å². The number of hydrogen-bond acceptors (Lipinski definition) is 2. The highest BCUT2D eigenvalue weighted by atomic mass is 79.9. The average molecular weight is 255 g/mol. The Labute approximate surface area is 90.1 Å². The zero-order chi connectivity index (χ0) is 10.1. The topological polar surface area (TPSA) is 62.0 Å². The quantitative estimate of drug-likeness (QED) is 0.767. The number of H-pyrrole nitrogens is 1. The van der Waals surface area contributed by atoms with E-state index in [1.165, 1.54) is 0 Å². The zero-order valence-electron chi connectivity index (χ0n) is 7.50. The van der Waals surface area contributed by atoms with Gasteiger partial charge in [-0.1, -0.05) is 15.9 Å². The van der Waals surface area contributed by atoms with Crippen LogP contribution in [0.5, 0.6) is 0 Å². The highest BCUT2D eigenvalue weighted by Crippen LogP contribution is 2.22. The van der Waals surface area contributed by atoms with Crippen molar-refractivity contribution in [3.8, 4) is 0 Å². The third-order valence-corrected chi connectivity index (χ3v) is 2.68. The van der Waals surface area contributed by atoms with Gasteiger partial charge in [0.2, 0.25) is 0 Å². The van der Waals surface area contributed by atoms with E-state index in [-0.39, 0.29) is 6.54 Å². The van der Waals surface area contributed by atoms with Gasteiger partial charge in [-0.3, -0.25) is 0 Å². The van der Waals surface area contributed by atoms with Crippen molar-refractivity contribution in [2.24, 2.45) is 5.73 Å². The van der Waals surface area contributed by atoms with E-state index in [2.05, 4.69) is 20.9 Å². The van der Waals surface area contributed by atoms with Gasteiger partial charge in [-0.25, -0.2) is 0 Å². The van der Waals surface area contributed by atoms with Crippen LogP contribution >= 0.6 is 15.9 Å². The van der Waals surface area contributed by atoms with Gasteiger partial charge in [-0.05, 0) is 24.3 Å². The molecular formula is C10H11BrN2O. The van der Waals surface area contributed by atoms with Crippen LogP contribution in [-0.4, -0.2) is 16.6 Å². The minimum atomic E-state index is -0.610. The summed E-state index contributed by atoms with van der Waals surface area (Å²) < 4.78 is 1.03. The number of hydrogen-bond donors (Lipinski definition) is 3. The van der Waals surface area contributed by atoms with Crippen molar-refractivity contribution in [1.82, 2.24) is 4.98 Å². The van der Waals surface area contributed by atoms with Gasteiger partial charge in [-0.2, -0.15) is 0 Å². The summed E-state index contributed by atoms with van der Waals surface area (Å²) in [5, 5.41) is 10.6. The lowest BCUT2D eigenvalue weighted by molar-refractivity contribution is 0.183.